The second-order valence-electron chi connectivity index (χ2n) is 13.5. The second-order valence-corrected chi connectivity index (χ2v) is 13.5. The highest BCUT2D eigenvalue weighted by molar-refractivity contribution is 5.98. The summed E-state index contributed by atoms with van der Waals surface area (Å²) >= 11 is 0. The van der Waals surface area contributed by atoms with Gasteiger partial charge in [-0.15, -0.1) is 0 Å². The molecular weight excluding hydrogens is 593 g/mol. The Morgan fingerprint density at radius 3 is 1.73 bits per heavy atom. The highest BCUT2D eigenvalue weighted by Crippen LogP contribution is 2.52. The van der Waals surface area contributed by atoms with Crippen LogP contribution in [-0.4, -0.2) is 9.97 Å². The van der Waals surface area contributed by atoms with Crippen LogP contribution in [0.25, 0.3) is 77.8 Å². The zero-order chi connectivity index (χ0) is 33.0. The minimum absolute atomic E-state index is 0.0531. The SMILES string of the molecule is CC1(C)c2ccc(-c3ccc(-c4cc(-c5ccccc5)nc(-c5ccc(-c6cccnc6)cc5)c4)cc3)cc2-c2ccc3ccccc3c21. The predicted octanol–water partition coefficient (Wildman–Crippen LogP) is 12.3. The lowest BCUT2D eigenvalue weighted by atomic mass is 9.80. The monoisotopic (exact) mass is 626 g/mol. The van der Waals surface area contributed by atoms with Crippen molar-refractivity contribution < 1.29 is 0 Å². The molecular formula is C47H34N2. The van der Waals surface area contributed by atoms with E-state index >= 15 is 0 Å². The lowest BCUT2D eigenvalue weighted by Gasteiger charge is -2.23. The number of aromatic nitrogens is 2. The summed E-state index contributed by atoms with van der Waals surface area (Å²) in [6, 6.07) is 56.9. The molecule has 6 aromatic carbocycles. The molecule has 2 heteroatoms. The lowest BCUT2D eigenvalue weighted by molar-refractivity contribution is 0.666. The molecule has 0 aliphatic heterocycles. The van der Waals surface area contributed by atoms with Crippen molar-refractivity contribution in [3.63, 3.8) is 0 Å². The fraction of sp³-hybridized carbons (Fsp3) is 0.0638. The first-order valence-electron chi connectivity index (χ1n) is 16.9. The second kappa shape index (κ2) is 11.5. The Kier molecular flexibility index (Phi) is 6.84. The van der Waals surface area contributed by atoms with Gasteiger partial charge in [-0.25, -0.2) is 4.98 Å². The van der Waals surface area contributed by atoms with Gasteiger partial charge < -0.3 is 0 Å². The molecule has 0 bridgehead atoms. The van der Waals surface area contributed by atoms with Gasteiger partial charge in [0.25, 0.3) is 0 Å². The topological polar surface area (TPSA) is 25.8 Å². The molecule has 1 aliphatic rings. The van der Waals surface area contributed by atoms with Crippen LogP contribution in [0.1, 0.15) is 25.0 Å². The third-order valence-corrected chi connectivity index (χ3v) is 10.2. The van der Waals surface area contributed by atoms with Crippen molar-refractivity contribution in [2.75, 3.05) is 0 Å². The third kappa shape index (κ3) is 5.05. The van der Waals surface area contributed by atoms with Crippen LogP contribution in [0, 0.1) is 0 Å². The van der Waals surface area contributed by atoms with Gasteiger partial charge in [-0.05, 0) is 90.7 Å². The minimum Gasteiger partial charge on any atom is -0.264 e. The number of fused-ring (bicyclic) bond motifs is 5. The van der Waals surface area contributed by atoms with E-state index < -0.39 is 0 Å². The maximum absolute atomic E-state index is 5.14. The molecule has 0 saturated carbocycles. The Hall–Kier alpha value is -6.12. The maximum Gasteiger partial charge on any atom is 0.0715 e. The predicted molar refractivity (Wildman–Crippen MR) is 204 cm³/mol. The molecule has 0 radical (unpaired) electrons. The number of rotatable bonds is 5. The van der Waals surface area contributed by atoms with Crippen molar-refractivity contribution in [1.29, 1.82) is 0 Å². The van der Waals surface area contributed by atoms with E-state index in [0.29, 0.717) is 0 Å². The summed E-state index contributed by atoms with van der Waals surface area (Å²) in [5.74, 6) is 0. The van der Waals surface area contributed by atoms with Crippen molar-refractivity contribution in [2.45, 2.75) is 19.3 Å². The average Bonchev–Trinajstić information content (AvgIpc) is 3.41. The van der Waals surface area contributed by atoms with Gasteiger partial charge in [0.1, 0.15) is 0 Å². The first-order valence-corrected chi connectivity index (χ1v) is 16.9. The van der Waals surface area contributed by atoms with E-state index in [4.69, 9.17) is 4.98 Å². The van der Waals surface area contributed by atoms with Crippen LogP contribution in [0.5, 0.6) is 0 Å². The van der Waals surface area contributed by atoms with Crippen LogP contribution >= 0.6 is 0 Å². The Balaban J connectivity index is 1.09. The molecule has 0 atom stereocenters. The summed E-state index contributed by atoms with van der Waals surface area (Å²) < 4.78 is 0. The number of benzene rings is 6. The molecule has 49 heavy (non-hydrogen) atoms. The zero-order valence-corrected chi connectivity index (χ0v) is 27.6. The van der Waals surface area contributed by atoms with E-state index in [1.807, 2.05) is 18.3 Å². The first kappa shape index (κ1) is 29.1. The number of nitrogens with zero attached hydrogens (tertiary/aromatic N) is 2. The van der Waals surface area contributed by atoms with Gasteiger partial charge >= 0.3 is 0 Å². The van der Waals surface area contributed by atoms with Gasteiger partial charge in [0.15, 0.2) is 0 Å². The molecule has 232 valence electrons. The molecule has 8 aromatic rings. The van der Waals surface area contributed by atoms with Crippen LogP contribution in [0.2, 0.25) is 0 Å². The molecule has 0 unspecified atom stereocenters. The van der Waals surface area contributed by atoms with Gasteiger partial charge in [-0.1, -0.05) is 147 Å². The van der Waals surface area contributed by atoms with Crippen molar-refractivity contribution in [2.24, 2.45) is 0 Å². The van der Waals surface area contributed by atoms with Crippen LogP contribution in [-0.2, 0) is 5.41 Å². The molecule has 0 fully saturated rings. The van der Waals surface area contributed by atoms with E-state index in [1.165, 1.54) is 44.2 Å². The molecule has 2 nitrogen and oxygen atoms in total. The smallest absolute Gasteiger partial charge is 0.0715 e. The molecule has 0 saturated heterocycles. The van der Waals surface area contributed by atoms with Crippen molar-refractivity contribution >= 4 is 10.8 Å². The van der Waals surface area contributed by atoms with E-state index in [9.17, 15) is 0 Å². The molecule has 9 rings (SSSR count). The van der Waals surface area contributed by atoms with Crippen molar-refractivity contribution in [3.8, 4) is 67.0 Å². The van der Waals surface area contributed by atoms with Gasteiger partial charge in [-0.2, -0.15) is 0 Å². The zero-order valence-electron chi connectivity index (χ0n) is 27.6. The summed E-state index contributed by atoms with van der Waals surface area (Å²) in [5.41, 5.74) is 16.5. The quantitative estimate of drug-likeness (QED) is 0.190. The Labute approximate surface area is 287 Å². The Morgan fingerprint density at radius 2 is 1.02 bits per heavy atom. The fourth-order valence-electron chi connectivity index (χ4n) is 7.62. The lowest BCUT2D eigenvalue weighted by Crippen LogP contribution is -2.15. The Morgan fingerprint density at radius 1 is 0.429 bits per heavy atom. The normalized spacial score (nSPS) is 12.9. The molecule has 2 aromatic heterocycles. The van der Waals surface area contributed by atoms with E-state index in [2.05, 4.69) is 164 Å². The fourth-order valence-corrected chi connectivity index (χ4v) is 7.62. The summed E-state index contributed by atoms with van der Waals surface area (Å²) in [7, 11) is 0. The number of hydrogen-bond acceptors (Lipinski definition) is 2. The number of pyridine rings is 2. The summed E-state index contributed by atoms with van der Waals surface area (Å²) in [5, 5.41) is 2.65. The summed E-state index contributed by atoms with van der Waals surface area (Å²) in [6.07, 6.45) is 3.70. The minimum atomic E-state index is -0.0531. The highest BCUT2D eigenvalue weighted by Gasteiger charge is 2.36. The van der Waals surface area contributed by atoms with Crippen molar-refractivity contribution in [3.05, 3.63) is 181 Å². The van der Waals surface area contributed by atoms with Gasteiger partial charge in [0, 0.05) is 28.9 Å². The standard InChI is InChI=1S/C47H34N2/c1-47(2)43-25-23-37(27-42(43)41-24-22-34-9-6-7-13-40(34)46(41)47)31-14-16-33(17-15-31)39-28-44(35-10-4-3-5-11-35)49-45(29-39)36-20-18-32(19-21-36)38-12-8-26-48-30-38/h3-30H,1-2H3. The van der Waals surface area contributed by atoms with Crippen LogP contribution in [0.4, 0.5) is 0 Å². The third-order valence-electron chi connectivity index (χ3n) is 10.2. The Bertz CT molecular complexity index is 2480. The molecule has 0 N–H and O–H groups in total. The molecule has 0 amide bonds. The molecule has 0 spiro atoms. The maximum atomic E-state index is 5.14. The van der Waals surface area contributed by atoms with E-state index in [0.717, 1.165) is 44.8 Å². The van der Waals surface area contributed by atoms with E-state index in [1.54, 1.807) is 6.20 Å². The average molecular weight is 627 g/mol. The van der Waals surface area contributed by atoms with Gasteiger partial charge in [-0.3, -0.25) is 4.98 Å². The summed E-state index contributed by atoms with van der Waals surface area (Å²) in [4.78, 5) is 9.42. The van der Waals surface area contributed by atoms with Crippen LogP contribution in [0.3, 0.4) is 0 Å². The largest absolute Gasteiger partial charge is 0.264 e. The van der Waals surface area contributed by atoms with Crippen LogP contribution in [0.15, 0.2) is 170 Å². The van der Waals surface area contributed by atoms with Crippen molar-refractivity contribution in [1.82, 2.24) is 9.97 Å². The molecule has 1 aliphatic carbocycles. The number of hydrogen-bond donors (Lipinski definition) is 0. The van der Waals surface area contributed by atoms with Crippen LogP contribution < -0.4 is 0 Å². The first-order chi connectivity index (χ1) is 24.0. The summed E-state index contributed by atoms with van der Waals surface area (Å²) in [6.45, 7) is 4.72. The van der Waals surface area contributed by atoms with Gasteiger partial charge in [0.05, 0.1) is 11.4 Å². The molecule has 2 heterocycles. The highest BCUT2D eigenvalue weighted by atomic mass is 14.7. The van der Waals surface area contributed by atoms with Gasteiger partial charge in [0.2, 0.25) is 0 Å². The van der Waals surface area contributed by atoms with E-state index in [-0.39, 0.29) is 5.41 Å².